The van der Waals surface area contributed by atoms with E-state index < -0.39 is 0 Å². The molecule has 0 N–H and O–H groups in total. The van der Waals surface area contributed by atoms with Crippen LogP contribution in [0.25, 0.3) is 0 Å². The molecule has 1 heteroatoms. The van der Waals surface area contributed by atoms with Crippen molar-refractivity contribution >= 4 is 0 Å². The average molecular weight is 137 g/mol. The lowest BCUT2D eigenvalue weighted by molar-refractivity contribution is 1.15. The predicted molar refractivity (Wildman–Crippen MR) is 45.1 cm³/mol. The summed E-state index contributed by atoms with van der Waals surface area (Å²) in [6.07, 6.45) is 1.81. The van der Waals surface area contributed by atoms with Crippen molar-refractivity contribution in [2.24, 2.45) is 0 Å². The molecule has 0 saturated heterocycles. The van der Waals surface area contributed by atoms with Gasteiger partial charge in [-0.2, -0.15) is 0 Å². The standard InChI is InChI=1S/C7H9N.C2H6/c1-6-4-3-5-8-7(6)2;1-2/h3-5H,1-2H3;1-2H3. The molecule has 1 aromatic heterocycles. The van der Waals surface area contributed by atoms with E-state index in [1.807, 2.05) is 33.0 Å². The minimum absolute atomic E-state index is 1.12. The molecule has 0 aliphatic carbocycles. The first kappa shape index (κ1) is 9.15. The summed E-state index contributed by atoms with van der Waals surface area (Å²) < 4.78 is 0. The van der Waals surface area contributed by atoms with Crippen molar-refractivity contribution in [2.45, 2.75) is 27.7 Å². The van der Waals surface area contributed by atoms with Gasteiger partial charge < -0.3 is 0 Å². The van der Waals surface area contributed by atoms with Crippen LogP contribution >= 0.6 is 0 Å². The van der Waals surface area contributed by atoms with Gasteiger partial charge in [0.2, 0.25) is 0 Å². The maximum Gasteiger partial charge on any atom is 0.0401 e. The van der Waals surface area contributed by atoms with E-state index in [4.69, 9.17) is 0 Å². The largest absolute Gasteiger partial charge is 0.261 e. The average Bonchev–Trinajstić information content (AvgIpc) is 2.00. The highest BCUT2D eigenvalue weighted by Gasteiger charge is 1.85. The number of aromatic nitrogens is 1. The minimum atomic E-state index is 1.12. The summed E-state index contributed by atoms with van der Waals surface area (Å²) in [5, 5.41) is 0. The van der Waals surface area contributed by atoms with Crippen molar-refractivity contribution in [1.29, 1.82) is 0 Å². The summed E-state index contributed by atoms with van der Waals surface area (Å²) in [5.41, 5.74) is 2.38. The van der Waals surface area contributed by atoms with Crippen LogP contribution in [0.15, 0.2) is 18.3 Å². The van der Waals surface area contributed by atoms with E-state index in [-0.39, 0.29) is 0 Å². The Kier molecular flexibility index (Phi) is 4.55. The van der Waals surface area contributed by atoms with Crippen LogP contribution in [0.1, 0.15) is 25.1 Å². The van der Waals surface area contributed by atoms with Gasteiger partial charge in [0.25, 0.3) is 0 Å². The van der Waals surface area contributed by atoms with Crippen LogP contribution in [0, 0.1) is 13.8 Å². The highest BCUT2D eigenvalue weighted by atomic mass is 14.6. The van der Waals surface area contributed by atoms with Crippen LogP contribution in [-0.2, 0) is 0 Å². The topological polar surface area (TPSA) is 12.9 Å². The molecule has 1 nitrogen and oxygen atoms in total. The molecule has 0 spiro atoms. The van der Waals surface area contributed by atoms with Crippen LogP contribution in [0.4, 0.5) is 0 Å². The highest BCUT2D eigenvalue weighted by Crippen LogP contribution is 1.98. The Hall–Kier alpha value is -0.850. The van der Waals surface area contributed by atoms with Crippen molar-refractivity contribution < 1.29 is 0 Å². The Bertz CT molecular complexity index is 161. The van der Waals surface area contributed by atoms with Gasteiger partial charge >= 0.3 is 0 Å². The number of aryl methyl sites for hydroxylation is 2. The van der Waals surface area contributed by atoms with Crippen molar-refractivity contribution in [3.05, 3.63) is 29.6 Å². The van der Waals surface area contributed by atoms with Gasteiger partial charge in [0.05, 0.1) is 0 Å². The third-order valence-electron chi connectivity index (χ3n) is 1.27. The molecule has 0 fully saturated rings. The maximum atomic E-state index is 4.08. The maximum absolute atomic E-state index is 4.08. The Morgan fingerprint density at radius 2 is 1.80 bits per heavy atom. The molecular formula is C9H15N. The smallest absolute Gasteiger partial charge is 0.0401 e. The van der Waals surface area contributed by atoms with Gasteiger partial charge in [0.15, 0.2) is 0 Å². The molecule has 10 heavy (non-hydrogen) atoms. The van der Waals surface area contributed by atoms with Gasteiger partial charge in [-0.3, -0.25) is 4.98 Å². The lowest BCUT2D eigenvalue weighted by Crippen LogP contribution is -1.81. The molecule has 0 amide bonds. The molecule has 56 valence electrons. The molecule has 0 aromatic carbocycles. The zero-order chi connectivity index (χ0) is 7.98. The number of rotatable bonds is 0. The van der Waals surface area contributed by atoms with Gasteiger partial charge in [0.1, 0.15) is 0 Å². The van der Waals surface area contributed by atoms with Crippen molar-refractivity contribution in [3.8, 4) is 0 Å². The molecule has 0 radical (unpaired) electrons. The number of hydrogen-bond donors (Lipinski definition) is 0. The third kappa shape index (κ3) is 2.62. The summed E-state index contributed by atoms with van der Waals surface area (Å²) in [7, 11) is 0. The molecule has 1 aromatic rings. The molecule has 0 aliphatic heterocycles. The number of hydrogen-bond acceptors (Lipinski definition) is 1. The third-order valence-corrected chi connectivity index (χ3v) is 1.27. The van der Waals surface area contributed by atoms with Crippen molar-refractivity contribution in [2.75, 3.05) is 0 Å². The summed E-state index contributed by atoms with van der Waals surface area (Å²) in [6, 6.07) is 4.00. The van der Waals surface area contributed by atoms with Gasteiger partial charge in [-0.05, 0) is 25.5 Å². The second-order valence-corrected chi connectivity index (χ2v) is 1.91. The van der Waals surface area contributed by atoms with Crippen molar-refractivity contribution in [3.63, 3.8) is 0 Å². The summed E-state index contributed by atoms with van der Waals surface area (Å²) in [4.78, 5) is 4.08. The van der Waals surface area contributed by atoms with Crippen LogP contribution in [0.2, 0.25) is 0 Å². The lowest BCUT2D eigenvalue weighted by Gasteiger charge is -1.92. The Balaban J connectivity index is 0.000000371. The van der Waals surface area contributed by atoms with Gasteiger partial charge in [-0.1, -0.05) is 19.9 Å². The van der Waals surface area contributed by atoms with Crippen LogP contribution < -0.4 is 0 Å². The van der Waals surface area contributed by atoms with E-state index in [1.165, 1.54) is 5.56 Å². The van der Waals surface area contributed by atoms with E-state index in [2.05, 4.69) is 18.0 Å². The minimum Gasteiger partial charge on any atom is -0.261 e. The van der Waals surface area contributed by atoms with Gasteiger partial charge in [-0.25, -0.2) is 0 Å². The van der Waals surface area contributed by atoms with E-state index >= 15 is 0 Å². The zero-order valence-corrected chi connectivity index (χ0v) is 7.18. The summed E-state index contributed by atoms with van der Waals surface area (Å²) in [5.74, 6) is 0. The summed E-state index contributed by atoms with van der Waals surface area (Å²) in [6.45, 7) is 8.07. The van der Waals surface area contributed by atoms with Crippen LogP contribution in [-0.4, -0.2) is 4.98 Å². The SMILES string of the molecule is CC.Cc1cccnc1C. The molecular weight excluding hydrogens is 122 g/mol. The molecule has 1 rings (SSSR count). The van der Waals surface area contributed by atoms with Crippen molar-refractivity contribution in [1.82, 2.24) is 4.98 Å². The van der Waals surface area contributed by atoms with Gasteiger partial charge in [0, 0.05) is 11.9 Å². The normalized spacial score (nSPS) is 8.00. The molecule has 0 saturated carbocycles. The van der Waals surface area contributed by atoms with E-state index in [0.29, 0.717) is 0 Å². The highest BCUT2D eigenvalue weighted by molar-refractivity contribution is 5.15. The quantitative estimate of drug-likeness (QED) is 0.535. The second-order valence-electron chi connectivity index (χ2n) is 1.91. The summed E-state index contributed by atoms with van der Waals surface area (Å²) >= 11 is 0. The predicted octanol–water partition coefficient (Wildman–Crippen LogP) is 2.72. The number of pyridine rings is 1. The first-order valence-electron chi connectivity index (χ1n) is 3.69. The van der Waals surface area contributed by atoms with Crippen LogP contribution in [0.5, 0.6) is 0 Å². The molecule has 0 unspecified atom stereocenters. The molecule has 0 bridgehead atoms. The monoisotopic (exact) mass is 137 g/mol. The molecule has 0 atom stereocenters. The number of nitrogens with zero attached hydrogens (tertiary/aromatic N) is 1. The van der Waals surface area contributed by atoms with E-state index in [1.54, 1.807) is 0 Å². The van der Waals surface area contributed by atoms with Crippen LogP contribution in [0.3, 0.4) is 0 Å². The molecule has 0 aliphatic rings. The first-order valence-corrected chi connectivity index (χ1v) is 3.69. The first-order chi connectivity index (χ1) is 4.80. The fourth-order valence-electron chi connectivity index (χ4n) is 0.565. The molecule has 1 heterocycles. The second kappa shape index (κ2) is 4.98. The Morgan fingerprint density at radius 3 is 2.10 bits per heavy atom. The Morgan fingerprint density at radius 1 is 1.20 bits per heavy atom. The van der Waals surface area contributed by atoms with Gasteiger partial charge in [-0.15, -0.1) is 0 Å². The van der Waals surface area contributed by atoms with E-state index in [9.17, 15) is 0 Å². The lowest BCUT2D eigenvalue weighted by atomic mass is 10.2. The van der Waals surface area contributed by atoms with E-state index in [0.717, 1.165) is 5.69 Å². The Labute approximate surface area is 63.1 Å². The fraction of sp³-hybridized carbons (Fsp3) is 0.444. The zero-order valence-electron chi connectivity index (χ0n) is 7.18. The fourth-order valence-corrected chi connectivity index (χ4v) is 0.565.